The average molecular weight is 339 g/mol. The predicted molar refractivity (Wildman–Crippen MR) is 91.5 cm³/mol. The zero-order chi connectivity index (χ0) is 16.2. The van der Waals surface area contributed by atoms with Crippen LogP contribution in [-0.4, -0.2) is 51.4 Å². The number of piperidine rings is 1. The zero-order valence-corrected chi connectivity index (χ0v) is 14.7. The molecule has 1 aromatic rings. The van der Waals surface area contributed by atoms with E-state index in [-0.39, 0.29) is 0 Å². The Balaban J connectivity index is 1.59. The molecule has 1 unspecified atom stereocenters. The molecule has 1 amide bonds. The van der Waals surface area contributed by atoms with Crippen LogP contribution in [0.15, 0.2) is 0 Å². The van der Waals surface area contributed by atoms with E-state index in [0.717, 1.165) is 82.6 Å². The fraction of sp³-hybridized carbons (Fsp3) is 0.765. The second-order valence-corrected chi connectivity index (χ2v) is 7.14. The molecule has 5 nitrogen and oxygen atoms in total. The van der Waals surface area contributed by atoms with Crippen LogP contribution >= 0.6 is 11.6 Å². The van der Waals surface area contributed by atoms with E-state index in [1.54, 1.807) is 0 Å². The van der Waals surface area contributed by atoms with Crippen LogP contribution in [0.3, 0.4) is 0 Å². The fourth-order valence-corrected chi connectivity index (χ4v) is 3.92. The number of nitrogens with one attached hydrogen (secondary N) is 1. The van der Waals surface area contributed by atoms with Gasteiger partial charge in [0, 0.05) is 38.5 Å². The summed E-state index contributed by atoms with van der Waals surface area (Å²) in [6.07, 6.45) is 7.26. The number of H-pyrrole nitrogens is 1. The Kier molecular flexibility index (Phi) is 5.59. The standard InChI is InChI=1S/C17H27ClN4O/c1-2-3-7-15-19-14(17(18)20-15)12-21-9-4-6-13(11-21)22-10-5-8-16(22)23/h13H,2-12H2,1H3,(H,19,20). The first-order valence-corrected chi connectivity index (χ1v) is 9.30. The first-order chi connectivity index (χ1) is 11.2. The Bertz CT molecular complexity index is 545. The number of hydrogen-bond donors (Lipinski definition) is 1. The highest BCUT2D eigenvalue weighted by molar-refractivity contribution is 6.30. The van der Waals surface area contributed by atoms with Gasteiger partial charge < -0.3 is 9.88 Å². The number of rotatable bonds is 6. The van der Waals surface area contributed by atoms with Crippen molar-refractivity contribution in [3.63, 3.8) is 0 Å². The van der Waals surface area contributed by atoms with Gasteiger partial charge in [-0.15, -0.1) is 0 Å². The van der Waals surface area contributed by atoms with Crippen molar-refractivity contribution < 1.29 is 4.79 Å². The number of carbonyl (C=O) groups excluding carboxylic acids is 1. The summed E-state index contributed by atoms with van der Waals surface area (Å²) in [6.45, 7) is 5.93. The van der Waals surface area contributed by atoms with Crippen LogP contribution in [0.5, 0.6) is 0 Å². The molecule has 3 rings (SSSR count). The van der Waals surface area contributed by atoms with Crippen molar-refractivity contribution >= 4 is 17.5 Å². The molecule has 2 saturated heterocycles. The Morgan fingerprint density at radius 1 is 1.35 bits per heavy atom. The second-order valence-electron chi connectivity index (χ2n) is 6.78. The monoisotopic (exact) mass is 338 g/mol. The Morgan fingerprint density at radius 3 is 2.96 bits per heavy atom. The number of carbonyl (C=O) groups is 1. The van der Waals surface area contributed by atoms with E-state index in [4.69, 9.17) is 11.6 Å². The highest BCUT2D eigenvalue weighted by Gasteiger charge is 2.31. The Labute approximate surface area is 143 Å². The second kappa shape index (κ2) is 7.67. The summed E-state index contributed by atoms with van der Waals surface area (Å²) in [7, 11) is 0. The van der Waals surface area contributed by atoms with Gasteiger partial charge in [0.25, 0.3) is 0 Å². The van der Waals surface area contributed by atoms with Crippen molar-refractivity contribution in [3.8, 4) is 0 Å². The van der Waals surface area contributed by atoms with Gasteiger partial charge in [-0.3, -0.25) is 9.69 Å². The Hall–Kier alpha value is -1.07. The number of aromatic amines is 1. The molecule has 0 aromatic carbocycles. The van der Waals surface area contributed by atoms with E-state index in [1.807, 2.05) is 0 Å². The number of unbranched alkanes of at least 4 members (excludes halogenated alkanes) is 1. The summed E-state index contributed by atoms with van der Waals surface area (Å²) in [5, 5.41) is 0.607. The molecule has 2 aliphatic heterocycles. The molecule has 1 atom stereocenters. The van der Waals surface area contributed by atoms with Gasteiger partial charge in [0.2, 0.25) is 5.91 Å². The van der Waals surface area contributed by atoms with E-state index in [0.29, 0.717) is 17.1 Å². The van der Waals surface area contributed by atoms with Gasteiger partial charge in [0.15, 0.2) is 5.15 Å². The molecule has 1 N–H and O–H groups in total. The maximum Gasteiger partial charge on any atom is 0.222 e. The normalized spacial score (nSPS) is 23.0. The first-order valence-electron chi connectivity index (χ1n) is 8.92. The maximum atomic E-state index is 12.0. The number of aryl methyl sites for hydroxylation is 1. The molecule has 23 heavy (non-hydrogen) atoms. The molecular weight excluding hydrogens is 312 g/mol. The van der Waals surface area contributed by atoms with E-state index >= 15 is 0 Å². The molecule has 0 radical (unpaired) electrons. The lowest BCUT2D eigenvalue weighted by Gasteiger charge is -2.37. The number of aromatic nitrogens is 2. The Morgan fingerprint density at radius 2 is 2.22 bits per heavy atom. The molecule has 0 bridgehead atoms. The zero-order valence-electron chi connectivity index (χ0n) is 14.0. The summed E-state index contributed by atoms with van der Waals surface area (Å²) in [5.74, 6) is 1.33. The lowest BCUT2D eigenvalue weighted by Crippen LogP contribution is -2.48. The van der Waals surface area contributed by atoms with Gasteiger partial charge in [-0.2, -0.15) is 0 Å². The highest BCUT2D eigenvalue weighted by atomic mass is 35.5. The first kappa shape index (κ1) is 16.8. The van der Waals surface area contributed by atoms with Crippen molar-refractivity contribution in [1.82, 2.24) is 19.8 Å². The molecule has 0 saturated carbocycles. The van der Waals surface area contributed by atoms with Crippen molar-refractivity contribution in [3.05, 3.63) is 16.7 Å². The molecule has 2 fully saturated rings. The van der Waals surface area contributed by atoms with Crippen molar-refractivity contribution in [2.45, 2.75) is 64.5 Å². The van der Waals surface area contributed by atoms with Gasteiger partial charge in [0.05, 0.1) is 5.69 Å². The molecule has 0 spiro atoms. The molecule has 6 heteroatoms. The van der Waals surface area contributed by atoms with Crippen LogP contribution in [-0.2, 0) is 17.8 Å². The average Bonchev–Trinajstić information content (AvgIpc) is 3.12. The third-order valence-electron chi connectivity index (χ3n) is 4.96. The highest BCUT2D eigenvalue weighted by Crippen LogP contribution is 2.24. The topological polar surface area (TPSA) is 52.2 Å². The molecule has 3 heterocycles. The van der Waals surface area contributed by atoms with E-state index < -0.39 is 0 Å². The summed E-state index contributed by atoms with van der Waals surface area (Å²) >= 11 is 6.30. The van der Waals surface area contributed by atoms with Crippen LogP contribution in [0.2, 0.25) is 5.15 Å². The maximum absolute atomic E-state index is 12.0. The minimum absolute atomic E-state index is 0.332. The smallest absolute Gasteiger partial charge is 0.222 e. The lowest BCUT2D eigenvalue weighted by atomic mass is 10.0. The third-order valence-corrected chi connectivity index (χ3v) is 5.27. The van der Waals surface area contributed by atoms with Crippen LogP contribution in [0.1, 0.15) is 57.0 Å². The van der Waals surface area contributed by atoms with Gasteiger partial charge in [-0.1, -0.05) is 24.9 Å². The van der Waals surface area contributed by atoms with Crippen LogP contribution in [0.25, 0.3) is 0 Å². The molecule has 2 aliphatic rings. The molecule has 0 aliphatic carbocycles. The van der Waals surface area contributed by atoms with Crippen LogP contribution in [0, 0.1) is 0 Å². The SMILES string of the molecule is CCCCc1nc(Cl)c(CN2CCCC(N3CCCC3=O)C2)[nH]1. The summed E-state index contributed by atoms with van der Waals surface area (Å²) < 4.78 is 0. The predicted octanol–water partition coefficient (Wildman–Crippen LogP) is 2.99. The van der Waals surface area contributed by atoms with Crippen LogP contribution in [0.4, 0.5) is 0 Å². The molecule has 1 aromatic heterocycles. The molecular formula is C17H27ClN4O. The number of hydrogen-bond acceptors (Lipinski definition) is 3. The quantitative estimate of drug-likeness (QED) is 0.867. The minimum atomic E-state index is 0.332. The van der Waals surface area contributed by atoms with Gasteiger partial charge in [0.1, 0.15) is 5.82 Å². The van der Waals surface area contributed by atoms with E-state index in [1.165, 1.54) is 0 Å². The van der Waals surface area contributed by atoms with Gasteiger partial charge in [-0.25, -0.2) is 4.98 Å². The lowest BCUT2D eigenvalue weighted by molar-refractivity contribution is -0.130. The fourth-order valence-electron chi connectivity index (χ4n) is 3.71. The van der Waals surface area contributed by atoms with E-state index in [2.05, 4.69) is 26.7 Å². The van der Waals surface area contributed by atoms with Gasteiger partial charge >= 0.3 is 0 Å². The number of likely N-dealkylation sites (tertiary alicyclic amines) is 2. The number of amides is 1. The summed E-state index contributed by atoms with van der Waals surface area (Å²) in [5.41, 5.74) is 1.02. The number of imidazole rings is 1. The summed E-state index contributed by atoms with van der Waals surface area (Å²) in [4.78, 5) is 24.3. The van der Waals surface area contributed by atoms with Crippen LogP contribution < -0.4 is 0 Å². The van der Waals surface area contributed by atoms with Crippen molar-refractivity contribution in [1.29, 1.82) is 0 Å². The number of halogens is 1. The van der Waals surface area contributed by atoms with Crippen molar-refractivity contribution in [2.75, 3.05) is 19.6 Å². The molecule has 128 valence electrons. The third kappa shape index (κ3) is 4.07. The minimum Gasteiger partial charge on any atom is -0.344 e. The largest absolute Gasteiger partial charge is 0.344 e. The number of nitrogens with zero attached hydrogens (tertiary/aromatic N) is 3. The summed E-state index contributed by atoms with van der Waals surface area (Å²) in [6, 6.07) is 0.375. The van der Waals surface area contributed by atoms with Crippen molar-refractivity contribution in [2.24, 2.45) is 0 Å². The van der Waals surface area contributed by atoms with Gasteiger partial charge in [-0.05, 0) is 32.2 Å². The van der Waals surface area contributed by atoms with E-state index in [9.17, 15) is 4.79 Å².